The van der Waals surface area contributed by atoms with Crippen molar-refractivity contribution in [1.29, 1.82) is 0 Å². The molecular formula is C24H30O3. The van der Waals surface area contributed by atoms with E-state index in [1.807, 2.05) is 42.5 Å². The standard InChI is InChI=1S/C24H30O3/c1-23(2,3)18-9-7-16(8-10-18)22(25)17-11-19(24(4,5)6)13-20(12-17)26-14-21-15-27-21/h7-13,21H,14-15H2,1-6H3. The van der Waals surface area contributed by atoms with Crippen LogP contribution in [-0.2, 0) is 15.6 Å². The lowest BCUT2D eigenvalue weighted by Crippen LogP contribution is -2.14. The van der Waals surface area contributed by atoms with Gasteiger partial charge in [-0.1, -0.05) is 65.8 Å². The second-order valence-electron chi connectivity index (χ2n) is 9.42. The Morgan fingerprint density at radius 1 is 0.926 bits per heavy atom. The summed E-state index contributed by atoms with van der Waals surface area (Å²) in [4.78, 5) is 13.1. The molecule has 0 spiro atoms. The molecule has 27 heavy (non-hydrogen) atoms. The first-order valence-electron chi connectivity index (χ1n) is 9.59. The molecular weight excluding hydrogens is 336 g/mol. The lowest BCUT2D eigenvalue weighted by molar-refractivity contribution is 0.103. The van der Waals surface area contributed by atoms with Crippen LogP contribution in [0.3, 0.4) is 0 Å². The quantitative estimate of drug-likeness (QED) is 0.533. The molecule has 0 amide bonds. The zero-order valence-corrected chi connectivity index (χ0v) is 17.3. The first kappa shape index (κ1) is 19.6. The van der Waals surface area contributed by atoms with Gasteiger partial charge in [-0.15, -0.1) is 0 Å². The van der Waals surface area contributed by atoms with Gasteiger partial charge in [0.1, 0.15) is 18.5 Å². The summed E-state index contributed by atoms with van der Waals surface area (Å²) in [6, 6.07) is 13.8. The van der Waals surface area contributed by atoms with E-state index in [-0.39, 0.29) is 22.7 Å². The number of benzene rings is 2. The first-order valence-corrected chi connectivity index (χ1v) is 9.59. The Kier molecular flexibility index (Phi) is 5.18. The lowest BCUT2D eigenvalue weighted by Gasteiger charge is -2.21. The van der Waals surface area contributed by atoms with E-state index in [1.165, 1.54) is 5.56 Å². The number of epoxide rings is 1. The van der Waals surface area contributed by atoms with Gasteiger partial charge in [0.2, 0.25) is 0 Å². The van der Waals surface area contributed by atoms with Crippen LogP contribution in [-0.4, -0.2) is 25.1 Å². The third-order valence-electron chi connectivity index (χ3n) is 4.89. The van der Waals surface area contributed by atoms with Crippen molar-refractivity contribution in [2.75, 3.05) is 13.2 Å². The largest absolute Gasteiger partial charge is 0.491 e. The Balaban J connectivity index is 1.91. The molecule has 144 valence electrons. The summed E-state index contributed by atoms with van der Waals surface area (Å²) in [6.45, 7) is 14.2. The number of hydrogen-bond acceptors (Lipinski definition) is 3. The molecule has 1 atom stereocenters. The Labute approximate surface area is 162 Å². The number of hydrogen-bond donors (Lipinski definition) is 0. The van der Waals surface area contributed by atoms with Gasteiger partial charge >= 0.3 is 0 Å². The molecule has 0 saturated carbocycles. The van der Waals surface area contributed by atoms with E-state index in [4.69, 9.17) is 9.47 Å². The van der Waals surface area contributed by atoms with Gasteiger partial charge in [0.05, 0.1) is 6.61 Å². The highest BCUT2D eigenvalue weighted by Crippen LogP contribution is 2.30. The molecule has 1 aliphatic rings. The molecule has 1 fully saturated rings. The van der Waals surface area contributed by atoms with Crippen LogP contribution in [0.4, 0.5) is 0 Å². The van der Waals surface area contributed by atoms with E-state index in [9.17, 15) is 4.79 Å². The van der Waals surface area contributed by atoms with Gasteiger partial charge in [-0.3, -0.25) is 4.79 Å². The van der Waals surface area contributed by atoms with Crippen molar-refractivity contribution >= 4 is 5.78 Å². The highest BCUT2D eigenvalue weighted by Gasteiger charge is 2.24. The molecule has 3 heteroatoms. The fourth-order valence-electron chi connectivity index (χ4n) is 2.89. The molecule has 1 heterocycles. The van der Waals surface area contributed by atoms with Crippen molar-refractivity contribution in [1.82, 2.24) is 0 Å². The maximum Gasteiger partial charge on any atom is 0.193 e. The molecule has 1 saturated heterocycles. The molecule has 3 nitrogen and oxygen atoms in total. The van der Waals surface area contributed by atoms with Crippen molar-refractivity contribution < 1.29 is 14.3 Å². The molecule has 0 aliphatic carbocycles. The van der Waals surface area contributed by atoms with Crippen LogP contribution in [0.1, 0.15) is 68.6 Å². The summed E-state index contributed by atoms with van der Waals surface area (Å²) >= 11 is 0. The van der Waals surface area contributed by atoms with Gasteiger partial charge in [0.15, 0.2) is 5.78 Å². The predicted octanol–water partition coefficient (Wildman–Crippen LogP) is 5.29. The topological polar surface area (TPSA) is 38.8 Å². The van der Waals surface area contributed by atoms with Crippen molar-refractivity contribution in [3.05, 3.63) is 64.7 Å². The second kappa shape index (κ2) is 7.12. The molecule has 0 radical (unpaired) electrons. The summed E-state index contributed by atoms with van der Waals surface area (Å²) < 4.78 is 11.1. The summed E-state index contributed by atoms with van der Waals surface area (Å²) in [6.07, 6.45) is 0.187. The zero-order valence-electron chi connectivity index (χ0n) is 17.3. The molecule has 1 unspecified atom stereocenters. The average Bonchev–Trinajstić information content (AvgIpc) is 3.42. The maximum atomic E-state index is 13.1. The van der Waals surface area contributed by atoms with E-state index in [0.717, 1.165) is 17.9 Å². The van der Waals surface area contributed by atoms with Crippen molar-refractivity contribution in [3.63, 3.8) is 0 Å². The minimum Gasteiger partial charge on any atom is -0.491 e. The molecule has 1 aliphatic heterocycles. The third kappa shape index (κ3) is 4.98. The van der Waals surface area contributed by atoms with Gasteiger partial charge in [-0.05, 0) is 40.2 Å². The van der Waals surface area contributed by atoms with Crippen molar-refractivity contribution in [2.24, 2.45) is 0 Å². The van der Waals surface area contributed by atoms with Crippen LogP contribution in [0.15, 0.2) is 42.5 Å². The highest BCUT2D eigenvalue weighted by molar-refractivity contribution is 6.09. The summed E-state index contributed by atoms with van der Waals surface area (Å²) in [5.41, 5.74) is 3.67. The third-order valence-corrected chi connectivity index (χ3v) is 4.89. The SMILES string of the molecule is CC(C)(C)c1ccc(C(=O)c2cc(OCC3CO3)cc(C(C)(C)C)c2)cc1. The van der Waals surface area contributed by atoms with E-state index < -0.39 is 0 Å². The van der Waals surface area contributed by atoms with Crippen LogP contribution in [0.5, 0.6) is 5.75 Å². The molecule has 0 N–H and O–H groups in total. The Morgan fingerprint density at radius 3 is 2.04 bits per heavy atom. The van der Waals surface area contributed by atoms with Gasteiger partial charge in [-0.25, -0.2) is 0 Å². The molecule has 2 aromatic carbocycles. The van der Waals surface area contributed by atoms with Crippen LogP contribution in [0.25, 0.3) is 0 Å². The van der Waals surface area contributed by atoms with Crippen LogP contribution in [0.2, 0.25) is 0 Å². The number of carbonyl (C=O) groups is 1. The molecule has 2 aromatic rings. The Bertz CT molecular complexity index is 816. The van der Waals surface area contributed by atoms with Gasteiger partial charge in [0, 0.05) is 11.1 Å². The zero-order chi connectivity index (χ0) is 19.8. The monoisotopic (exact) mass is 366 g/mol. The number of rotatable bonds is 5. The highest BCUT2D eigenvalue weighted by atomic mass is 16.6. The van der Waals surface area contributed by atoms with Crippen LogP contribution < -0.4 is 4.74 Å². The van der Waals surface area contributed by atoms with Gasteiger partial charge in [-0.2, -0.15) is 0 Å². The van der Waals surface area contributed by atoms with Gasteiger partial charge in [0.25, 0.3) is 0 Å². The fourth-order valence-corrected chi connectivity index (χ4v) is 2.89. The van der Waals surface area contributed by atoms with E-state index in [2.05, 4.69) is 41.5 Å². The van der Waals surface area contributed by atoms with Crippen LogP contribution in [0, 0.1) is 0 Å². The van der Waals surface area contributed by atoms with Crippen LogP contribution >= 0.6 is 0 Å². The van der Waals surface area contributed by atoms with Gasteiger partial charge < -0.3 is 9.47 Å². The first-order chi connectivity index (χ1) is 12.5. The van der Waals surface area contributed by atoms with E-state index >= 15 is 0 Å². The van der Waals surface area contributed by atoms with Crippen molar-refractivity contribution in [2.45, 2.75) is 58.5 Å². The molecule has 0 aromatic heterocycles. The molecule has 0 bridgehead atoms. The maximum absolute atomic E-state index is 13.1. The van der Waals surface area contributed by atoms with E-state index in [0.29, 0.717) is 17.7 Å². The summed E-state index contributed by atoms with van der Waals surface area (Å²) in [7, 11) is 0. The number of carbonyl (C=O) groups excluding carboxylic acids is 1. The smallest absolute Gasteiger partial charge is 0.193 e. The summed E-state index contributed by atoms with van der Waals surface area (Å²) in [5.74, 6) is 0.752. The normalized spacial score (nSPS) is 16.9. The minimum atomic E-state index is -0.0689. The minimum absolute atomic E-state index is 0.0223. The fraction of sp³-hybridized carbons (Fsp3) is 0.458. The van der Waals surface area contributed by atoms with E-state index in [1.54, 1.807) is 0 Å². The number of ketones is 1. The predicted molar refractivity (Wildman–Crippen MR) is 109 cm³/mol. The summed E-state index contributed by atoms with van der Waals surface area (Å²) in [5, 5.41) is 0. The average molecular weight is 367 g/mol. The Morgan fingerprint density at radius 2 is 1.52 bits per heavy atom. The molecule has 3 rings (SSSR count). The van der Waals surface area contributed by atoms with Crippen molar-refractivity contribution in [3.8, 4) is 5.75 Å². The lowest BCUT2D eigenvalue weighted by atomic mass is 9.84. The Hall–Kier alpha value is -2.13. The number of ether oxygens (including phenoxy) is 2. The second-order valence-corrected chi connectivity index (χ2v) is 9.42.